The van der Waals surface area contributed by atoms with E-state index >= 15 is 0 Å². The Balaban J connectivity index is 1.90. The first-order chi connectivity index (χ1) is 12.5. The zero-order valence-corrected chi connectivity index (χ0v) is 13.6. The summed E-state index contributed by atoms with van der Waals surface area (Å²) in [5.74, 6) is 0. The minimum atomic E-state index is -1.15. The van der Waals surface area contributed by atoms with Crippen molar-refractivity contribution in [2.45, 2.75) is 6.54 Å². The summed E-state index contributed by atoms with van der Waals surface area (Å²) < 4.78 is 1.31. The van der Waals surface area contributed by atoms with E-state index in [1.807, 2.05) is 0 Å². The van der Waals surface area contributed by atoms with Gasteiger partial charge in [0.25, 0.3) is 5.56 Å². The first kappa shape index (κ1) is 16.9. The minimum Gasteiger partial charge on any atom is -0.465 e. The number of hydrogen-bond acceptors (Lipinski definition) is 4. The standard InChI is InChI=1S/C19H14N4O3/c20-11-13-4-6-15(7-5-13)17-8-9-18(24)23(22-17)12-14-2-1-3-16(10-14)21-19(25)26/h1-10,21H,12H2,(H,25,26). The minimum absolute atomic E-state index is 0.206. The number of carboxylic acid groups (broad SMARTS) is 1. The molecule has 0 bridgehead atoms. The van der Waals surface area contributed by atoms with E-state index in [0.717, 1.165) is 11.1 Å². The highest BCUT2D eigenvalue weighted by atomic mass is 16.4. The van der Waals surface area contributed by atoms with Crippen LogP contribution in [0.15, 0.2) is 65.5 Å². The van der Waals surface area contributed by atoms with Crippen molar-refractivity contribution in [3.63, 3.8) is 0 Å². The Morgan fingerprint density at radius 3 is 2.62 bits per heavy atom. The third-order valence-corrected chi connectivity index (χ3v) is 3.69. The zero-order valence-electron chi connectivity index (χ0n) is 13.6. The van der Waals surface area contributed by atoms with Crippen molar-refractivity contribution >= 4 is 11.8 Å². The van der Waals surface area contributed by atoms with E-state index in [1.165, 1.54) is 10.7 Å². The lowest BCUT2D eigenvalue weighted by atomic mass is 10.1. The third kappa shape index (κ3) is 3.94. The van der Waals surface area contributed by atoms with Crippen LogP contribution in [0.2, 0.25) is 0 Å². The van der Waals surface area contributed by atoms with Crippen LogP contribution in [0.4, 0.5) is 10.5 Å². The summed E-state index contributed by atoms with van der Waals surface area (Å²) in [5, 5.41) is 24.3. The highest BCUT2D eigenvalue weighted by molar-refractivity contribution is 5.82. The van der Waals surface area contributed by atoms with Crippen LogP contribution in [0.3, 0.4) is 0 Å². The van der Waals surface area contributed by atoms with Gasteiger partial charge in [0.05, 0.1) is 23.9 Å². The van der Waals surface area contributed by atoms with Gasteiger partial charge in [0, 0.05) is 17.3 Å². The second-order valence-corrected chi connectivity index (χ2v) is 5.53. The van der Waals surface area contributed by atoms with E-state index in [-0.39, 0.29) is 12.1 Å². The van der Waals surface area contributed by atoms with Gasteiger partial charge in [-0.25, -0.2) is 9.48 Å². The van der Waals surface area contributed by atoms with E-state index in [2.05, 4.69) is 16.5 Å². The Bertz CT molecular complexity index is 1050. The van der Waals surface area contributed by atoms with Gasteiger partial charge < -0.3 is 5.11 Å². The van der Waals surface area contributed by atoms with Gasteiger partial charge in [-0.15, -0.1) is 0 Å². The molecule has 0 fully saturated rings. The highest BCUT2D eigenvalue weighted by Crippen LogP contribution is 2.16. The molecule has 1 aromatic heterocycles. The summed E-state index contributed by atoms with van der Waals surface area (Å²) in [7, 11) is 0. The van der Waals surface area contributed by atoms with Crippen molar-refractivity contribution in [2.24, 2.45) is 0 Å². The Kier molecular flexibility index (Phi) is 4.76. The van der Waals surface area contributed by atoms with Gasteiger partial charge in [0.2, 0.25) is 0 Å². The molecule has 0 aliphatic heterocycles. The number of anilines is 1. The molecule has 0 unspecified atom stereocenters. The lowest BCUT2D eigenvalue weighted by Gasteiger charge is -2.09. The predicted molar refractivity (Wildman–Crippen MR) is 95.8 cm³/mol. The maximum Gasteiger partial charge on any atom is 0.409 e. The zero-order chi connectivity index (χ0) is 18.5. The molecule has 0 aliphatic carbocycles. The van der Waals surface area contributed by atoms with Crippen molar-refractivity contribution in [1.82, 2.24) is 9.78 Å². The predicted octanol–water partition coefficient (Wildman–Crippen LogP) is 2.92. The SMILES string of the molecule is N#Cc1ccc(-c2ccc(=O)n(Cc3cccc(NC(=O)O)c3)n2)cc1. The van der Waals surface area contributed by atoms with Gasteiger partial charge in [-0.1, -0.05) is 24.3 Å². The van der Waals surface area contributed by atoms with Crippen molar-refractivity contribution in [2.75, 3.05) is 5.32 Å². The molecular formula is C19H14N4O3. The fourth-order valence-corrected chi connectivity index (χ4v) is 2.48. The Labute approximate surface area is 148 Å². The molecule has 0 saturated carbocycles. The molecule has 0 atom stereocenters. The third-order valence-electron chi connectivity index (χ3n) is 3.69. The van der Waals surface area contributed by atoms with Crippen LogP contribution in [0.25, 0.3) is 11.3 Å². The van der Waals surface area contributed by atoms with Crippen LogP contribution in [-0.2, 0) is 6.54 Å². The molecule has 0 aliphatic rings. The summed E-state index contributed by atoms with van der Waals surface area (Å²) in [4.78, 5) is 22.9. The first-order valence-electron chi connectivity index (χ1n) is 7.73. The fourth-order valence-electron chi connectivity index (χ4n) is 2.48. The summed E-state index contributed by atoms with van der Waals surface area (Å²) in [6, 6.07) is 18.8. The molecule has 128 valence electrons. The molecule has 3 aromatic rings. The van der Waals surface area contributed by atoms with Gasteiger partial charge in [-0.05, 0) is 35.9 Å². The second-order valence-electron chi connectivity index (χ2n) is 5.53. The molecule has 0 spiro atoms. The van der Waals surface area contributed by atoms with Crippen LogP contribution in [-0.4, -0.2) is 21.0 Å². The second kappa shape index (κ2) is 7.32. The van der Waals surface area contributed by atoms with Gasteiger partial charge in [-0.3, -0.25) is 10.1 Å². The average molecular weight is 346 g/mol. The summed E-state index contributed by atoms with van der Waals surface area (Å²) in [6.45, 7) is 0.206. The van der Waals surface area contributed by atoms with E-state index in [0.29, 0.717) is 16.9 Å². The van der Waals surface area contributed by atoms with Crippen molar-refractivity contribution in [3.8, 4) is 17.3 Å². The van der Waals surface area contributed by atoms with E-state index < -0.39 is 6.09 Å². The molecule has 2 N–H and O–H groups in total. The maximum absolute atomic E-state index is 12.1. The van der Waals surface area contributed by atoms with Crippen LogP contribution >= 0.6 is 0 Å². The Hall–Kier alpha value is -3.92. The molecule has 2 aromatic carbocycles. The topological polar surface area (TPSA) is 108 Å². The van der Waals surface area contributed by atoms with Crippen LogP contribution in [0, 0.1) is 11.3 Å². The summed E-state index contributed by atoms with van der Waals surface area (Å²) >= 11 is 0. The number of benzene rings is 2. The van der Waals surface area contributed by atoms with Gasteiger partial charge in [0.15, 0.2) is 0 Å². The molecule has 3 rings (SSSR count). The Morgan fingerprint density at radius 2 is 1.92 bits per heavy atom. The lowest BCUT2D eigenvalue weighted by Crippen LogP contribution is -2.22. The van der Waals surface area contributed by atoms with Gasteiger partial charge >= 0.3 is 6.09 Å². The van der Waals surface area contributed by atoms with Gasteiger partial charge in [-0.2, -0.15) is 10.4 Å². The molecule has 0 saturated heterocycles. The molecular weight excluding hydrogens is 332 g/mol. The summed E-state index contributed by atoms with van der Waals surface area (Å²) in [6.07, 6.45) is -1.15. The molecule has 1 amide bonds. The quantitative estimate of drug-likeness (QED) is 0.755. The molecule has 0 radical (unpaired) electrons. The lowest BCUT2D eigenvalue weighted by molar-refractivity contribution is 0.210. The Morgan fingerprint density at radius 1 is 1.15 bits per heavy atom. The van der Waals surface area contributed by atoms with Crippen LogP contribution in [0.5, 0.6) is 0 Å². The van der Waals surface area contributed by atoms with Crippen LogP contribution in [0.1, 0.15) is 11.1 Å². The van der Waals surface area contributed by atoms with Crippen molar-refractivity contribution in [1.29, 1.82) is 5.26 Å². The number of nitriles is 1. The maximum atomic E-state index is 12.1. The number of carbonyl (C=O) groups is 1. The molecule has 26 heavy (non-hydrogen) atoms. The smallest absolute Gasteiger partial charge is 0.409 e. The normalized spacial score (nSPS) is 10.1. The first-order valence-corrected chi connectivity index (χ1v) is 7.73. The van der Waals surface area contributed by atoms with E-state index in [4.69, 9.17) is 10.4 Å². The number of nitrogens with zero attached hydrogens (tertiary/aromatic N) is 3. The highest BCUT2D eigenvalue weighted by Gasteiger charge is 2.06. The van der Waals surface area contributed by atoms with E-state index in [9.17, 15) is 9.59 Å². The van der Waals surface area contributed by atoms with Crippen LogP contribution < -0.4 is 10.9 Å². The summed E-state index contributed by atoms with van der Waals surface area (Å²) in [5.41, 5.74) is 2.84. The average Bonchev–Trinajstić information content (AvgIpc) is 2.63. The monoisotopic (exact) mass is 346 g/mol. The van der Waals surface area contributed by atoms with Crippen molar-refractivity contribution < 1.29 is 9.90 Å². The molecule has 7 nitrogen and oxygen atoms in total. The van der Waals surface area contributed by atoms with Crippen molar-refractivity contribution in [3.05, 3.63) is 82.1 Å². The van der Waals surface area contributed by atoms with E-state index in [1.54, 1.807) is 54.6 Å². The largest absolute Gasteiger partial charge is 0.465 e. The molecule has 7 heteroatoms. The number of amides is 1. The number of aromatic nitrogens is 2. The van der Waals surface area contributed by atoms with Gasteiger partial charge in [0.1, 0.15) is 0 Å². The number of rotatable bonds is 4. The number of hydrogen-bond donors (Lipinski definition) is 2. The number of nitrogens with one attached hydrogen (secondary N) is 1. The molecule has 1 heterocycles. The fraction of sp³-hybridized carbons (Fsp3) is 0.0526.